The lowest BCUT2D eigenvalue weighted by molar-refractivity contribution is -0.214. The molecule has 0 aliphatic heterocycles. The molecule has 0 saturated heterocycles. The zero-order valence-electron chi connectivity index (χ0n) is 5.18. The van der Waals surface area contributed by atoms with Crippen LogP contribution < -0.4 is 0 Å². The highest BCUT2D eigenvalue weighted by atomic mass is 127. The highest BCUT2D eigenvalue weighted by Gasteiger charge is 2.54. The van der Waals surface area contributed by atoms with Gasteiger partial charge in [-0.1, -0.05) is 22.6 Å². The van der Waals surface area contributed by atoms with Crippen LogP contribution in [0, 0.1) is 0 Å². The van der Waals surface area contributed by atoms with Crippen molar-refractivity contribution in [2.75, 3.05) is 0 Å². The molecule has 0 N–H and O–H groups in total. The quantitative estimate of drug-likeness (QED) is 0.396. The van der Waals surface area contributed by atoms with E-state index in [1.54, 1.807) is 0 Å². The molecule has 0 aliphatic carbocycles. The van der Waals surface area contributed by atoms with Crippen LogP contribution in [0.2, 0.25) is 0 Å². The van der Waals surface area contributed by atoms with Gasteiger partial charge in [0, 0.05) is 0 Å². The van der Waals surface area contributed by atoms with Crippen LogP contribution in [0.15, 0.2) is 0 Å². The van der Waals surface area contributed by atoms with Crippen molar-refractivity contribution in [1.29, 1.82) is 0 Å². The number of rotatable bonds is 1. The van der Waals surface area contributed by atoms with Gasteiger partial charge in [0.2, 0.25) is 6.17 Å². The van der Waals surface area contributed by atoms with Gasteiger partial charge in [0.25, 0.3) is 0 Å². The lowest BCUT2D eigenvalue weighted by Crippen LogP contribution is -2.41. The van der Waals surface area contributed by atoms with Crippen molar-refractivity contribution in [3.63, 3.8) is 0 Å². The van der Waals surface area contributed by atoms with Crippen molar-refractivity contribution in [2.24, 2.45) is 0 Å². The Balaban J connectivity index is 4.41. The molecular weight excluding hydrogens is 308 g/mol. The highest BCUT2D eigenvalue weighted by Crippen LogP contribution is 2.37. The molecule has 12 heavy (non-hydrogen) atoms. The summed E-state index contributed by atoms with van der Waals surface area (Å²) in [6, 6.07) is 0. The van der Waals surface area contributed by atoms with Gasteiger partial charge in [-0.15, -0.1) is 0 Å². The smallest absolute Gasteiger partial charge is 0.236 e. The second kappa shape index (κ2) is 3.54. The van der Waals surface area contributed by atoms with Crippen LogP contribution in [-0.4, -0.2) is 22.4 Å². The first kappa shape index (κ1) is 12.2. The van der Waals surface area contributed by atoms with Gasteiger partial charge in [0.05, 0.1) is 0 Å². The molecule has 0 aromatic rings. The first-order valence-electron chi connectivity index (χ1n) is 2.48. The zero-order chi connectivity index (χ0) is 10.2. The fourth-order valence-electron chi connectivity index (χ4n) is 0.332. The summed E-state index contributed by atoms with van der Waals surface area (Å²) in [5, 5.41) is 0. The maximum Gasteiger partial charge on any atom is 0.421 e. The van der Waals surface area contributed by atoms with E-state index in [-0.39, 0.29) is 0 Å². The molecule has 0 saturated carbocycles. The first-order chi connectivity index (χ1) is 5.07. The number of halogens is 8. The molecule has 0 bridgehead atoms. The molecule has 0 radical (unpaired) electrons. The summed E-state index contributed by atoms with van der Waals surface area (Å²) < 4.78 is 77.4. The Bertz CT molecular complexity index is 128. The lowest BCUT2D eigenvalue weighted by atomic mass is 10.2. The second-order valence-electron chi connectivity index (χ2n) is 1.89. The van der Waals surface area contributed by atoms with E-state index < -0.39 is 22.4 Å². The molecule has 74 valence electrons. The molecule has 0 fully saturated rings. The summed E-state index contributed by atoms with van der Waals surface area (Å²) >= 11 is 0.380. The summed E-state index contributed by atoms with van der Waals surface area (Å²) in [6.07, 6.45) is -14.5. The zero-order valence-corrected chi connectivity index (χ0v) is 7.34. The minimum Gasteiger partial charge on any atom is -0.236 e. The van der Waals surface area contributed by atoms with Gasteiger partial charge in [-0.2, -0.15) is 26.3 Å². The maximum absolute atomic E-state index is 11.9. The van der Waals surface area contributed by atoms with Crippen molar-refractivity contribution in [3.8, 4) is 0 Å². The first-order valence-corrected chi connectivity index (χ1v) is 3.73. The normalized spacial score (nSPS) is 19.0. The van der Waals surface area contributed by atoms with E-state index in [9.17, 15) is 30.7 Å². The Labute approximate surface area is 76.3 Å². The van der Waals surface area contributed by atoms with E-state index in [0.29, 0.717) is 22.6 Å². The molecular formula is C4H2F7I. The van der Waals surface area contributed by atoms with E-state index in [2.05, 4.69) is 0 Å². The summed E-state index contributed by atoms with van der Waals surface area (Å²) in [5.41, 5.74) is 0. The van der Waals surface area contributed by atoms with Gasteiger partial charge in [-0.3, -0.25) is 0 Å². The fourth-order valence-corrected chi connectivity index (χ4v) is 0.740. The van der Waals surface area contributed by atoms with Crippen molar-refractivity contribution < 1.29 is 30.7 Å². The average molecular weight is 310 g/mol. The predicted molar refractivity (Wildman–Crippen MR) is 34.8 cm³/mol. The van der Waals surface area contributed by atoms with Gasteiger partial charge < -0.3 is 0 Å². The van der Waals surface area contributed by atoms with E-state index in [1.807, 2.05) is 0 Å². The van der Waals surface area contributed by atoms with Crippen molar-refractivity contribution in [1.82, 2.24) is 0 Å². The highest BCUT2D eigenvalue weighted by molar-refractivity contribution is 14.1. The predicted octanol–water partition coefficient (Wildman–Crippen LogP) is 3.25. The standard InChI is InChI=1S/C4H2F7I/c5-1(3(6,7)8)2(12)4(9,10)11/h1-2H/t1-,2-/m0/s1. The van der Waals surface area contributed by atoms with Crippen LogP contribution in [0.1, 0.15) is 0 Å². The average Bonchev–Trinajstić information content (AvgIpc) is 1.80. The summed E-state index contributed by atoms with van der Waals surface area (Å²) in [7, 11) is 0. The van der Waals surface area contributed by atoms with E-state index in [0.717, 1.165) is 0 Å². The maximum atomic E-state index is 11.9. The minimum atomic E-state index is -5.46. The van der Waals surface area contributed by atoms with E-state index in [4.69, 9.17) is 0 Å². The Morgan fingerprint density at radius 3 is 1.25 bits per heavy atom. The van der Waals surface area contributed by atoms with Gasteiger partial charge >= 0.3 is 12.4 Å². The molecule has 0 heterocycles. The molecule has 2 atom stereocenters. The van der Waals surface area contributed by atoms with Crippen LogP contribution in [0.5, 0.6) is 0 Å². The lowest BCUT2D eigenvalue weighted by Gasteiger charge is -2.19. The Hall–Kier alpha value is 0.240. The van der Waals surface area contributed by atoms with Crippen molar-refractivity contribution in [2.45, 2.75) is 22.4 Å². The summed E-state index contributed by atoms with van der Waals surface area (Å²) in [6.45, 7) is 0. The van der Waals surface area contributed by atoms with Gasteiger partial charge in [-0.25, -0.2) is 4.39 Å². The molecule has 0 aromatic carbocycles. The van der Waals surface area contributed by atoms with Crippen molar-refractivity contribution in [3.05, 3.63) is 0 Å². The molecule has 0 amide bonds. The third-order valence-corrected chi connectivity index (χ3v) is 2.22. The van der Waals surface area contributed by atoms with Gasteiger partial charge in [0.1, 0.15) is 3.92 Å². The molecule has 0 aromatic heterocycles. The summed E-state index contributed by atoms with van der Waals surface area (Å²) in [5.74, 6) is 0. The minimum absolute atomic E-state index is 0.380. The topological polar surface area (TPSA) is 0 Å². The molecule has 0 rings (SSSR count). The van der Waals surface area contributed by atoms with Crippen LogP contribution in [-0.2, 0) is 0 Å². The van der Waals surface area contributed by atoms with Crippen molar-refractivity contribution >= 4 is 22.6 Å². The van der Waals surface area contributed by atoms with Crippen LogP contribution in [0.3, 0.4) is 0 Å². The largest absolute Gasteiger partial charge is 0.421 e. The van der Waals surface area contributed by atoms with E-state index >= 15 is 0 Å². The number of hydrogen-bond acceptors (Lipinski definition) is 0. The number of hydrogen-bond donors (Lipinski definition) is 0. The number of alkyl halides is 8. The summed E-state index contributed by atoms with van der Waals surface area (Å²) in [4.78, 5) is 0. The molecule has 0 unspecified atom stereocenters. The Morgan fingerprint density at radius 1 is 0.833 bits per heavy atom. The Kier molecular flexibility index (Phi) is 3.61. The molecule has 0 nitrogen and oxygen atoms in total. The van der Waals surface area contributed by atoms with Crippen LogP contribution in [0.4, 0.5) is 30.7 Å². The third-order valence-electron chi connectivity index (χ3n) is 0.882. The third kappa shape index (κ3) is 3.31. The van der Waals surface area contributed by atoms with Crippen LogP contribution >= 0.6 is 22.6 Å². The fraction of sp³-hybridized carbons (Fsp3) is 1.00. The van der Waals surface area contributed by atoms with Crippen LogP contribution in [0.25, 0.3) is 0 Å². The molecule has 8 heteroatoms. The monoisotopic (exact) mass is 310 g/mol. The molecule has 0 aliphatic rings. The second-order valence-corrected chi connectivity index (χ2v) is 3.23. The SMILES string of the molecule is F[C@@H]([C@H](I)C(F)(F)F)C(F)(F)F. The van der Waals surface area contributed by atoms with E-state index in [1.165, 1.54) is 0 Å². The Morgan fingerprint density at radius 2 is 1.17 bits per heavy atom. The van der Waals surface area contributed by atoms with Gasteiger partial charge in [0.15, 0.2) is 0 Å². The van der Waals surface area contributed by atoms with Gasteiger partial charge in [-0.05, 0) is 0 Å². The molecule has 0 spiro atoms.